The van der Waals surface area contributed by atoms with Gasteiger partial charge in [-0.15, -0.1) is 0 Å². The molecule has 0 bridgehead atoms. The molecule has 0 amide bonds. The fourth-order valence-electron chi connectivity index (χ4n) is 1.40. The number of hydrogen-bond acceptors (Lipinski definition) is 6. The summed E-state index contributed by atoms with van der Waals surface area (Å²) in [5.41, 5.74) is 6.10. The first kappa shape index (κ1) is 12.5. The van der Waals surface area contributed by atoms with E-state index >= 15 is 0 Å². The Balaban J connectivity index is 2.10. The molecule has 1 aromatic carbocycles. The average Bonchev–Trinajstić information content (AvgIpc) is 2.83. The first-order chi connectivity index (χ1) is 8.69. The van der Waals surface area contributed by atoms with Gasteiger partial charge in [-0.25, -0.2) is 0 Å². The first-order valence-electron chi connectivity index (χ1n) is 5.60. The van der Waals surface area contributed by atoms with Gasteiger partial charge in [0.1, 0.15) is 18.5 Å². The normalized spacial score (nSPS) is 12.4. The number of aromatic nitrogens is 2. The van der Waals surface area contributed by atoms with Crippen molar-refractivity contribution >= 4 is 0 Å². The van der Waals surface area contributed by atoms with Crippen molar-refractivity contribution in [2.45, 2.75) is 13.0 Å². The van der Waals surface area contributed by atoms with Crippen LogP contribution in [0, 0.1) is 6.92 Å². The molecular weight excluding hydrogens is 234 g/mol. The number of aliphatic hydroxyl groups excluding tert-OH is 1. The molecule has 96 valence electrons. The van der Waals surface area contributed by atoms with Crippen molar-refractivity contribution in [1.82, 2.24) is 10.1 Å². The van der Waals surface area contributed by atoms with E-state index in [4.69, 9.17) is 15.0 Å². The smallest absolute Gasteiger partial charge is 0.223 e. The van der Waals surface area contributed by atoms with Gasteiger partial charge in [0.05, 0.1) is 0 Å². The van der Waals surface area contributed by atoms with Crippen LogP contribution in [0.3, 0.4) is 0 Å². The maximum atomic E-state index is 9.32. The van der Waals surface area contributed by atoms with Crippen molar-refractivity contribution in [3.8, 4) is 17.1 Å². The molecule has 0 aliphatic heterocycles. The molecule has 1 heterocycles. The van der Waals surface area contributed by atoms with E-state index in [9.17, 15) is 5.11 Å². The minimum absolute atomic E-state index is 0.158. The predicted octanol–water partition coefficient (Wildman–Crippen LogP) is 0.743. The molecule has 2 aromatic rings. The predicted molar refractivity (Wildman–Crippen MR) is 65.0 cm³/mol. The van der Waals surface area contributed by atoms with Crippen LogP contribution in [-0.2, 0) is 0 Å². The second kappa shape index (κ2) is 5.61. The van der Waals surface area contributed by atoms with Gasteiger partial charge in [0.25, 0.3) is 0 Å². The molecule has 0 aliphatic carbocycles. The summed E-state index contributed by atoms with van der Waals surface area (Å²) >= 11 is 0. The zero-order chi connectivity index (χ0) is 13.0. The van der Waals surface area contributed by atoms with E-state index in [0.717, 1.165) is 5.56 Å². The van der Waals surface area contributed by atoms with Gasteiger partial charge in [-0.1, -0.05) is 17.3 Å². The minimum atomic E-state index is -0.666. The van der Waals surface area contributed by atoms with Crippen molar-refractivity contribution in [3.63, 3.8) is 0 Å². The zero-order valence-electron chi connectivity index (χ0n) is 10.0. The number of ether oxygens (including phenoxy) is 1. The molecule has 1 aromatic heterocycles. The van der Waals surface area contributed by atoms with Gasteiger partial charge in [0, 0.05) is 19.0 Å². The van der Waals surface area contributed by atoms with Gasteiger partial charge in [-0.05, 0) is 12.1 Å². The summed E-state index contributed by atoms with van der Waals surface area (Å²) in [5.74, 6) is 1.65. The Labute approximate surface area is 104 Å². The van der Waals surface area contributed by atoms with Crippen LogP contribution in [0.5, 0.6) is 5.75 Å². The summed E-state index contributed by atoms with van der Waals surface area (Å²) in [6, 6.07) is 7.26. The highest BCUT2D eigenvalue weighted by atomic mass is 16.5. The molecule has 1 unspecified atom stereocenters. The SMILES string of the molecule is Cc1nc(-c2cccc(OCC(O)CN)c2)no1. The summed E-state index contributed by atoms with van der Waals surface area (Å²) in [6.07, 6.45) is -0.666. The number of aliphatic hydroxyl groups is 1. The van der Waals surface area contributed by atoms with E-state index in [1.54, 1.807) is 19.1 Å². The van der Waals surface area contributed by atoms with Gasteiger partial charge in [0.15, 0.2) is 0 Å². The average molecular weight is 249 g/mol. The zero-order valence-corrected chi connectivity index (χ0v) is 10.0. The van der Waals surface area contributed by atoms with Crippen LogP contribution in [0.1, 0.15) is 5.89 Å². The summed E-state index contributed by atoms with van der Waals surface area (Å²) in [7, 11) is 0. The van der Waals surface area contributed by atoms with Crippen LogP contribution in [0.4, 0.5) is 0 Å². The molecule has 6 heteroatoms. The number of hydrogen-bond donors (Lipinski definition) is 2. The fraction of sp³-hybridized carbons (Fsp3) is 0.333. The molecular formula is C12H15N3O3. The maximum absolute atomic E-state index is 9.32. The second-order valence-electron chi connectivity index (χ2n) is 3.87. The van der Waals surface area contributed by atoms with Crippen molar-refractivity contribution in [2.75, 3.05) is 13.2 Å². The second-order valence-corrected chi connectivity index (χ2v) is 3.87. The van der Waals surface area contributed by atoms with Crippen molar-refractivity contribution in [1.29, 1.82) is 0 Å². The maximum Gasteiger partial charge on any atom is 0.223 e. The molecule has 0 radical (unpaired) electrons. The van der Waals surface area contributed by atoms with Gasteiger partial charge in [0.2, 0.25) is 11.7 Å². The Morgan fingerprint density at radius 3 is 3.00 bits per heavy atom. The van der Waals surface area contributed by atoms with E-state index in [-0.39, 0.29) is 13.2 Å². The summed E-state index contributed by atoms with van der Waals surface area (Å²) in [6.45, 7) is 2.06. The summed E-state index contributed by atoms with van der Waals surface area (Å²) < 4.78 is 10.3. The quantitative estimate of drug-likeness (QED) is 0.811. The van der Waals surface area contributed by atoms with Crippen LogP contribution in [0.25, 0.3) is 11.4 Å². The molecule has 2 rings (SSSR count). The monoisotopic (exact) mass is 249 g/mol. The van der Waals surface area contributed by atoms with E-state index in [0.29, 0.717) is 17.5 Å². The Bertz CT molecular complexity index is 513. The first-order valence-corrected chi connectivity index (χ1v) is 5.60. The van der Waals surface area contributed by atoms with Crippen molar-refractivity contribution in [2.24, 2.45) is 5.73 Å². The Hall–Kier alpha value is -1.92. The largest absolute Gasteiger partial charge is 0.491 e. The van der Waals surface area contributed by atoms with Crippen molar-refractivity contribution in [3.05, 3.63) is 30.2 Å². The minimum Gasteiger partial charge on any atom is -0.491 e. The molecule has 6 nitrogen and oxygen atoms in total. The van der Waals surface area contributed by atoms with Gasteiger partial charge in [-0.3, -0.25) is 0 Å². The van der Waals surface area contributed by atoms with E-state index in [1.165, 1.54) is 0 Å². The van der Waals surface area contributed by atoms with Crippen LogP contribution < -0.4 is 10.5 Å². The number of benzene rings is 1. The highest BCUT2D eigenvalue weighted by Gasteiger charge is 2.07. The van der Waals surface area contributed by atoms with Gasteiger partial charge in [-0.2, -0.15) is 4.98 Å². The summed E-state index contributed by atoms with van der Waals surface area (Å²) in [4.78, 5) is 4.13. The highest BCUT2D eigenvalue weighted by Crippen LogP contribution is 2.21. The third-order valence-corrected chi connectivity index (χ3v) is 2.33. The standard InChI is InChI=1S/C12H15N3O3/c1-8-14-12(15-18-8)9-3-2-4-11(5-9)17-7-10(16)6-13/h2-5,10,16H,6-7,13H2,1H3. The third kappa shape index (κ3) is 3.06. The molecule has 3 N–H and O–H groups in total. The topological polar surface area (TPSA) is 94.4 Å². The number of nitrogens with zero attached hydrogens (tertiary/aromatic N) is 2. The molecule has 0 saturated heterocycles. The Morgan fingerprint density at radius 2 is 2.33 bits per heavy atom. The molecule has 18 heavy (non-hydrogen) atoms. The van der Waals surface area contributed by atoms with E-state index < -0.39 is 6.10 Å². The molecule has 1 atom stereocenters. The van der Waals surface area contributed by atoms with Gasteiger partial charge >= 0.3 is 0 Å². The van der Waals surface area contributed by atoms with Crippen molar-refractivity contribution < 1.29 is 14.4 Å². The third-order valence-electron chi connectivity index (χ3n) is 2.33. The van der Waals surface area contributed by atoms with E-state index in [2.05, 4.69) is 10.1 Å². The number of aryl methyl sites for hydroxylation is 1. The highest BCUT2D eigenvalue weighted by molar-refractivity contribution is 5.56. The lowest BCUT2D eigenvalue weighted by Crippen LogP contribution is -2.26. The van der Waals surface area contributed by atoms with Crippen LogP contribution in [0.2, 0.25) is 0 Å². The Morgan fingerprint density at radius 1 is 1.50 bits per heavy atom. The molecule has 0 fully saturated rings. The number of rotatable bonds is 5. The lowest BCUT2D eigenvalue weighted by atomic mass is 10.2. The van der Waals surface area contributed by atoms with Crippen LogP contribution in [-0.4, -0.2) is 34.5 Å². The lowest BCUT2D eigenvalue weighted by molar-refractivity contribution is 0.114. The lowest BCUT2D eigenvalue weighted by Gasteiger charge is -2.10. The Kier molecular flexibility index (Phi) is 3.91. The number of nitrogens with two attached hydrogens (primary N) is 1. The van der Waals surface area contributed by atoms with Gasteiger partial charge < -0.3 is 20.1 Å². The van der Waals surface area contributed by atoms with E-state index in [1.807, 2.05) is 12.1 Å². The molecule has 0 spiro atoms. The molecule has 0 saturated carbocycles. The fourth-order valence-corrected chi connectivity index (χ4v) is 1.40. The van der Waals surface area contributed by atoms with Crippen LogP contribution in [0.15, 0.2) is 28.8 Å². The molecule has 0 aliphatic rings. The summed E-state index contributed by atoms with van der Waals surface area (Å²) in [5, 5.41) is 13.1. The van der Waals surface area contributed by atoms with Crippen LogP contribution >= 0.6 is 0 Å².